The zero-order valence-electron chi connectivity index (χ0n) is 14.8. The Hall–Kier alpha value is -1.40. The molecule has 144 valence electrons. The molecule has 0 aromatic heterocycles. The van der Waals surface area contributed by atoms with Gasteiger partial charge in [-0.2, -0.15) is 0 Å². The van der Waals surface area contributed by atoms with Crippen LogP contribution in [0.15, 0.2) is 23.5 Å². The van der Waals surface area contributed by atoms with Crippen molar-refractivity contribution in [2.45, 2.75) is 25.8 Å². The molecule has 5 nitrogen and oxygen atoms in total. The standard InChI is InChI=1S/C20H21Cl2NO4/c21-15-4-3-13(17(22)14(15)10-23-5-7-27-8-6-23)20(26)16-18(24)11-1-2-12(9-11)19(16)25/h3-4,11-12,24H,1-2,5-10H2. The summed E-state index contributed by atoms with van der Waals surface area (Å²) in [6, 6.07) is 3.18. The van der Waals surface area contributed by atoms with Crippen molar-refractivity contribution >= 4 is 34.8 Å². The third-order valence-corrected chi connectivity index (χ3v) is 6.62. The summed E-state index contributed by atoms with van der Waals surface area (Å²) in [6.45, 7) is 3.32. The minimum Gasteiger partial charge on any atom is -0.511 e. The molecule has 2 unspecified atom stereocenters. The monoisotopic (exact) mass is 409 g/mol. The van der Waals surface area contributed by atoms with E-state index in [4.69, 9.17) is 27.9 Å². The Morgan fingerprint density at radius 1 is 1.19 bits per heavy atom. The summed E-state index contributed by atoms with van der Waals surface area (Å²) in [5.74, 6) is -1.08. The number of allylic oxidation sites excluding steroid dienone is 2. The topological polar surface area (TPSA) is 66.8 Å². The molecule has 2 aliphatic carbocycles. The summed E-state index contributed by atoms with van der Waals surface area (Å²) < 4.78 is 5.36. The minimum absolute atomic E-state index is 0.0699. The molecule has 27 heavy (non-hydrogen) atoms. The lowest BCUT2D eigenvalue weighted by Gasteiger charge is -2.27. The fourth-order valence-electron chi connectivity index (χ4n) is 4.27. The number of morpholine rings is 1. The molecule has 1 aromatic rings. The number of hydrogen-bond acceptors (Lipinski definition) is 5. The van der Waals surface area contributed by atoms with Gasteiger partial charge in [-0.25, -0.2) is 0 Å². The first kappa shape index (κ1) is 18.9. The van der Waals surface area contributed by atoms with Crippen LogP contribution in [0, 0.1) is 11.8 Å². The van der Waals surface area contributed by atoms with Gasteiger partial charge in [0.1, 0.15) is 11.3 Å². The highest BCUT2D eigenvalue weighted by Gasteiger charge is 2.43. The average molecular weight is 410 g/mol. The molecule has 1 heterocycles. The largest absolute Gasteiger partial charge is 0.511 e. The molecule has 1 N–H and O–H groups in total. The Morgan fingerprint density at radius 3 is 2.63 bits per heavy atom. The molecular weight excluding hydrogens is 389 g/mol. The molecule has 1 aliphatic heterocycles. The number of ether oxygens (including phenoxy) is 1. The maximum Gasteiger partial charge on any atom is 0.201 e. The summed E-state index contributed by atoms with van der Waals surface area (Å²) in [5, 5.41) is 11.2. The molecule has 0 spiro atoms. The second-order valence-corrected chi connectivity index (χ2v) is 8.22. The maximum absolute atomic E-state index is 13.1. The van der Waals surface area contributed by atoms with Gasteiger partial charge >= 0.3 is 0 Å². The van der Waals surface area contributed by atoms with Crippen LogP contribution in [0.5, 0.6) is 0 Å². The molecule has 1 saturated carbocycles. The molecule has 7 heteroatoms. The van der Waals surface area contributed by atoms with Gasteiger partial charge in [-0.05, 0) is 31.4 Å². The number of aliphatic hydroxyl groups excluding tert-OH is 1. The second-order valence-electron chi connectivity index (χ2n) is 7.44. The normalized spacial score (nSPS) is 25.9. The van der Waals surface area contributed by atoms with Gasteiger partial charge in [0.15, 0.2) is 5.78 Å². The number of nitrogens with zero attached hydrogens (tertiary/aromatic N) is 1. The van der Waals surface area contributed by atoms with E-state index in [9.17, 15) is 14.7 Å². The van der Waals surface area contributed by atoms with Crippen LogP contribution in [0.3, 0.4) is 0 Å². The van der Waals surface area contributed by atoms with E-state index in [1.807, 2.05) is 0 Å². The van der Waals surface area contributed by atoms with Crippen LogP contribution in [0.4, 0.5) is 0 Å². The Kier molecular flexibility index (Phi) is 5.30. The lowest BCUT2D eigenvalue weighted by molar-refractivity contribution is -0.119. The van der Waals surface area contributed by atoms with Crippen LogP contribution in [0.25, 0.3) is 0 Å². The Balaban J connectivity index is 1.67. The van der Waals surface area contributed by atoms with Gasteiger partial charge in [0.2, 0.25) is 5.78 Å². The van der Waals surface area contributed by atoms with E-state index >= 15 is 0 Å². The van der Waals surface area contributed by atoms with Crippen molar-refractivity contribution in [3.05, 3.63) is 44.6 Å². The number of hydrogen-bond donors (Lipinski definition) is 1. The second kappa shape index (κ2) is 7.55. The lowest BCUT2D eigenvalue weighted by Crippen LogP contribution is -2.35. The van der Waals surface area contributed by atoms with Gasteiger partial charge in [0.05, 0.1) is 18.2 Å². The van der Waals surface area contributed by atoms with E-state index in [1.165, 1.54) is 0 Å². The van der Waals surface area contributed by atoms with E-state index in [1.54, 1.807) is 12.1 Å². The van der Waals surface area contributed by atoms with Crippen LogP contribution < -0.4 is 0 Å². The zero-order valence-corrected chi connectivity index (χ0v) is 16.4. The number of halogens is 2. The molecule has 0 radical (unpaired) electrons. The Labute approximate surface area is 167 Å². The number of benzene rings is 1. The zero-order chi connectivity index (χ0) is 19.1. The molecular formula is C20H21Cl2NO4. The highest BCUT2D eigenvalue weighted by atomic mass is 35.5. The first-order valence-electron chi connectivity index (χ1n) is 9.26. The van der Waals surface area contributed by atoms with Crippen molar-refractivity contribution in [3.63, 3.8) is 0 Å². The molecule has 1 saturated heterocycles. The SMILES string of the molecule is O=C(C1=C(O)C2CCC(C2)C1=O)c1ccc(Cl)c(CN2CCOCC2)c1Cl. The molecule has 3 aliphatic rings. The van der Waals surface area contributed by atoms with Gasteiger partial charge in [0.25, 0.3) is 0 Å². The van der Waals surface area contributed by atoms with E-state index in [2.05, 4.69) is 4.90 Å². The summed E-state index contributed by atoms with van der Waals surface area (Å²) in [7, 11) is 0. The first-order chi connectivity index (χ1) is 13.0. The number of Topliss-reactive ketones (excluding diaryl/α,β-unsaturated/α-hetero) is 2. The van der Waals surface area contributed by atoms with Crippen molar-refractivity contribution < 1.29 is 19.4 Å². The van der Waals surface area contributed by atoms with Crippen LogP contribution >= 0.6 is 23.2 Å². The van der Waals surface area contributed by atoms with Crippen molar-refractivity contribution in [2.75, 3.05) is 26.3 Å². The highest BCUT2D eigenvalue weighted by Crippen LogP contribution is 2.43. The number of rotatable bonds is 4. The van der Waals surface area contributed by atoms with E-state index in [-0.39, 0.29) is 39.5 Å². The van der Waals surface area contributed by atoms with Crippen LogP contribution in [0.1, 0.15) is 35.2 Å². The van der Waals surface area contributed by atoms with E-state index in [0.717, 1.165) is 25.9 Å². The van der Waals surface area contributed by atoms with Crippen LogP contribution in [0.2, 0.25) is 10.0 Å². The van der Waals surface area contributed by atoms with Gasteiger partial charge in [0, 0.05) is 47.6 Å². The van der Waals surface area contributed by atoms with Gasteiger partial charge in [-0.15, -0.1) is 0 Å². The van der Waals surface area contributed by atoms with Gasteiger partial charge in [-0.1, -0.05) is 23.2 Å². The number of fused-ring (bicyclic) bond motifs is 2. The van der Waals surface area contributed by atoms with Crippen LogP contribution in [-0.4, -0.2) is 47.9 Å². The predicted molar refractivity (Wildman–Crippen MR) is 102 cm³/mol. The third-order valence-electron chi connectivity index (χ3n) is 5.84. The minimum atomic E-state index is -0.501. The fourth-order valence-corrected chi connectivity index (χ4v) is 4.84. The Bertz CT molecular complexity index is 830. The first-order valence-corrected chi connectivity index (χ1v) is 10.0. The van der Waals surface area contributed by atoms with Crippen molar-refractivity contribution in [1.29, 1.82) is 0 Å². The third kappa shape index (κ3) is 3.42. The number of carbonyl (C=O) groups excluding carboxylic acids is 2. The Morgan fingerprint density at radius 2 is 1.89 bits per heavy atom. The number of ketones is 2. The van der Waals surface area contributed by atoms with Crippen molar-refractivity contribution in [1.82, 2.24) is 4.90 Å². The quantitative estimate of drug-likeness (QED) is 0.604. The number of carbonyl (C=O) groups is 2. The van der Waals surface area contributed by atoms with Gasteiger partial charge in [-0.3, -0.25) is 14.5 Å². The highest BCUT2D eigenvalue weighted by molar-refractivity contribution is 6.40. The number of aliphatic hydroxyl groups is 1. The van der Waals surface area contributed by atoms with E-state index in [0.29, 0.717) is 36.8 Å². The molecule has 4 rings (SSSR count). The van der Waals surface area contributed by atoms with Gasteiger partial charge < -0.3 is 9.84 Å². The van der Waals surface area contributed by atoms with Crippen molar-refractivity contribution in [3.8, 4) is 0 Å². The summed E-state index contributed by atoms with van der Waals surface area (Å²) >= 11 is 12.9. The van der Waals surface area contributed by atoms with E-state index < -0.39 is 5.78 Å². The smallest absolute Gasteiger partial charge is 0.201 e. The van der Waals surface area contributed by atoms with Crippen molar-refractivity contribution in [2.24, 2.45) is 11.8 Å². The average Bonchev–Trinajstić information content (AvgIpc) is 3.12. The maximum atomic E-state index is 13.1. The molecule has 0 amide bonds. The molecule has 2 bridgehead atoms. The van der Waals surface area contributed by atoms with Crippen LogP contribution in [-0.2, 0) is 16.1 Å². The molecule has 2 fully saturated rings. The summed E-state index contributed by atoms with van der Waals surface area (Å²) in [5.41, 5.74) is 0.799. The molecule has 2 atom stereocenters. The molecule has 1 aromatic carbocycles. The fraction of sp³-hybridized carbons (Fsp3) is 0.500. The predicted octanol–water partition coefficient (Wildman–Crippen LogP) is 3.82. The summed E-state index contributed by atoms with van der Waals surface area (Å²) in [4.78, 5) is 27.9. The summed E-state index contributed by atoms with van der Waals surface area (Å²) in [6.07, 6.45) is 2.11. The lowest BCUT2D eigenvalue weighted by atomic mass is 9.83.